The molecule has 2 atom stereocenters. The number of aryl methyl sites for hydroxylation is 2. The van der Waals surface area contributed by atoms with Gasteiger partial charge in [0.2, 0.25) is 5.91 Å². The summed E-state index contributed by atoms with van der Waals surface area (Å²) in [7, 11) is 0. The van der Waals surface area contributed by atoms with Gasteiger partial charge in [-0.15, -0.1) is 0 Å². The van der Waals surface area contributed by atoms with Gasteiger partial charge in [0.05, 0.1) is 0 Å². The molecular formula is C30H35BrN2O3. The fourth-order valence-corrected chi connectivity index (χ4v) is 4.18. The van der Waals surface area contributed by atoms with Crippen molar-refractivity contribution < 1.29 is 14.3 Å². The Hall–Kier alpha value is -3.12. The average molecular weight is 552 g/mol. The smallest absolute Gasteiger partial charge is 0.261 e. The summed E-state index contributed by atoms with van der Waals surface area (Å²) in [4.78, 5) is 28.8. The van der Waals surface area contributed by atoms with Crippen LogP contribution in [0.15, 0.2) is 77.3 Å². The first-order valence-corrected chi connectivity index (χ1v) is 13.1. The average Bonchev–Trinajstić information content (AvgIpc) is 2.87. The standard InChI is InChI=1S/C30H35BrN2O3/c1-5-23(4)32-30(35)28(18-24-11-7-6-8-12-24)33(19-25-13-9-10-21(2)16-25)29(34)20-36-26-14-15-27(31)22(3)17-26/h6-17,23,28H,5,18-20H2,1-4H3,(H,32,35)/t23-,28+/m1/s1. The second kappa shape index (κ2) is 13.3. The van der Waals surface area contributed by atoms with Crippen molar-refractivity contribution in [2.75, 3.05) is 6.61 Å². The van der Waals surface area contributed by atoms with E-state index in [2.05, 4.69) is 21.2 Å². The molecule has 0 unspecified atom stereocenters. The van der Waals surface area contributed by atoms with Gasteiger partial charge in [0.1, 0.15) is 11.8 Å². The van der Waals surface area contributed by atoms with Crippen LogP contribution in [0.4, 0.5) is 0 Å². The zero-order chi connectivity index (χ0) is 26.1. The van der Waals surface area contributed by atoms with E-state index in [4.69, 9.17) is 4.74 Å². The maximum absolute atomic E-state index is 13.7. The Morgan fingerprint density at radius 2 is 1.69 bits per heavy atom. The minimum absolute atomic E-state index is 0.00804. The van der Waals surface area contributed by atoms with E-state index in [1.54, 1.807) is 4.90 Å². The lowest BCUT2D eigenvalue weighted by atomic mass is 10.0. The molecule has 6 heteroatoms. The van der Waals surface area contributed by atoms with Crippen molar-refractivity contribution in [1.82, 2.24) is 10.2 Å². The van der Waals surface area contributed by atoms with Crippen molar-refractivity contribution in [1.29, 1.82) is 0 Å². The van der Waals surface area contributed by atoms with Crippen molar-refractivity contribution in [3.05, 3.63) is 99.5 Å². The van der Waals surface area contributed by atoms with E-state index in [0.29, 0.717) is 18.7 Å². The Kier molecular flexibility index (Phi) is 10.1. The summed E-state index contributed by atoms with van der Waals surface area (Å²) >= 11 is 3.49. The van der Waals surface area contributed by atoms with Crippen molar-refractivity contribution in [2.24, 2.45) is 0 Å². The van der Waals surface area contributed by atoms with Crippen LogP contribution >= 0.6 is 15.9 Å². The number of ether oxygens (including phenoxy) is 1. The van der Waals surface area contributed by atoms with Crippen LogP contribution < -0.4 is 10.1 Å². The fraction of sp³-hybridized carbons (Fsp3) is 0.333. The van der Waals surface area contributed by atoms with Crippen LogP contribution in [-0.4, -0.2) is 35.4 Å². The molecule has 0 radical (unpaired) electrons. The number of hydrogen-bond acceptors (Lipinski definition) is 3. The van der Waals surface area contributed by atoms with Crippen LogP contribution in [0.1, 0.15) is 42.5 Å². The van der Waals surface area contributed by atoms with Gasteiger partial charge in [0.25, 0.3) is 5.91 Å². The van der Waals surface area contributed by atoms with E-state index in [9.17, 15) is 9.59 Å². The third kappa shape index (κ3) is 7.95. The number of rotatable bonds is 11. The van der Waals surface area contributed by atoms with E-state index in [0.717, 1.165) is 33.1 Å². The normalized spacial score (nSPS) is 12.5. The Morgan fingerprint density at radius 1 is 0.972 bits per heavy atom. The molecule has 0 aromatic heterocycles. The molecule has 0 aliphatic carbocycles. The zero-order valence-electron chi connectivity index (χ0n) is 21.5. The highest BCUT2D eigenvalue weighted by Gasteiger charge is 2.31. The van der Waals surface area contributed by atoms with Crippen LogP contribution in [0.25, 0.3) is 0 Å². The summed E-state index contributed by atoms with van der Waals surface area (Å²) in [5.74, 6) is 0.217. The summed E-state index contributed by atoms with van der Waals surface area (Å²) in [6, 6.07) is 22.8. The molecule has 190 valence electrons. The molecule has 3 aromatic carbocycles. The molecule has 3 aromatic rings. The first-order valence-electron chi connectivity index (χ1n) is 12.3. The van der Waals surface area contributed by atoms with Crippen LogP contribution in [0, 0.1) is 13.8 Å². The number of carbonyl (C=O) groups is 2. The summed E-state index contributed by atoms with van der Waals surface area (Å²) in [6.07, 6.45) is 1.22. The van der Waals surface area contributed by atoms with Crippen LogP contribution in [0.5, 0.6) is 5.75 Å². The summed E-state index contributed by atoms with van der Waals surface area (Å²) in [6.45, 7) is 8.15. The maximum atomic E-state index is 13.7. The first-order chi connectivity index (χ1) is 17.3. The highest BCUT2D eigenvalue weighted by atomic mass is 79.9. The molecule has 2 amide bonds. The lowest BCUT2D eigenvalue weighted by Gasteiger charge is -2.32. The Morgan fingerprint density at radius 3 is 2.36 bits per heavy atom. The number of amides is 2. The van der Waals surface area contributed by atoms with Gasteiger partial charge in [0, 0.05) is 23.5 Å². The number of nitrogens with zero attached hydrogens (tertiary/aromatic N) is 1. The maximum Gasteiger partial charge on any atom is 0.261 e. The minimum atomic E-state index is -0.676. The van der Waals surface area contributed by atoms with E-state index in [1.165, 1.54) is 0 Å². The van der Waals surface area contributed by atoms with E-state index in [-0.39, 0.29) is 24.5 Å². The molecule has 0 saturated carbocycles. The van der Waals surface area contributed by atoms with Crippen molar-refractivity contribution in [3.8, 4) is 5.75 Å². The molecule has 0 bridgehead atoms. The van der Waals surface area contributed by atoms with Gasteiger partial charge >= 0.3 is 0 Å². The molecule has 3 rings (SSSR count). The molecule has 1 N–H and O–H groups in total. The molecule has 0 fully saturated rings. The van der Waals surface area contributed by atoms with Crippen LogP contribution in [0.2, 0.25) is 0 Å². The SMILES string of the molecule is CC[C@@H](C)NC(=O)[C@H](Cc1ccccc1)N(Cc1cccc(C)c1)C(=O)COc1ccc(Br)c(C)c1. The van der Waals surface area contributed by atoms with E-state index in [1.807, 2.05) is 100 Å². The van der Waals surface area contributed by atoms with Crippen LogP contribution in [0.3, 0.4) is 0 Å². The lowest BCUT2D eigenvalue weighted by molar-refractivity contribution is -0.143. The van der Waals surface area contributed by atoms with Gasteiger partial charge < -0.3 is 15.0 Å². The molecule has 0 aliphatic rings. The third-order valence-corrected chi connectivity index (χ3v) is 7.09. The second-order valence-corrected chi connectivity index (χ2v) is 10.1. The number of benzene rings is 3. The first kappa shape index (κ1) is 27.5. The molecule has 5 nitrogen and oxygen atoms in total. The second-order valence-electron chi connectivity index (χ2n) is 9.23. The summed E-state index contributed by atoms with van der Waals surface area (Å²) < 4.78 is 6.86. The fourth-order valence-electron chi connectivity index (χ4n) is 3.94. The van der Waals surface area contributed by atoms with Crippen molar-refractivity contribution in [2.45, 2.75) is 59.2 Å². The van der Waals surface area contributed by atoms with Gasteiger partial charge in [0.15, 0.2) is 6.61 Å². The molecule has 0 heterocycles. The van der Waals surface area contributed by atoms with Gasteiger partial charge in [-0.1, -0.05) is 83.0 Å². The molecule has 36 heavy (non-hydrogen) atoms. The topological polar surface area (TPSA) is 58.6 Å². The van der Waals surface area contributed by atoms with Gasteiger partial charge in [-0.2, -0.15) is 0 Å². The van der Waals surface area contributed by atoms with E-state index >= 15 is 0 Å². The van der Waals surface area contributed by atoms with Crippen molar-refractivity contribution >= 4 is 27.7 Å². The number of nitrogens with one attached hydrogen (secondary N) is 1. The molecule has 0 aliphatic heterocycles. The minimum Gasteiger partial charge on any atom is -0.484 e. The highest BCUT2D eigenvalue weighted by molar-refractivity contribution is 9.10. The quantitative estimate of drug-likeness (QED) is 0.318. The molecule has 0 spiro atoms. The Labute approximate surface area is 223 Å². The lowest BCUT2D eigenvalue weighted by Crippen LogP contribution is -2.53. The Bertz CT molecular complexity index is 1170. The number of carbonyl (C=O) groups excluding carboxylic acids is 2. The highest BCUT2D eigenvalue weighted by Crippen LogP contribution is 2.22. The largest absolute Gasteiger partial charge is 0.484 e. The third-order valence-electron chi connectivity index (χ3n) is 6.20. The van der Waals surface area contributed by atoms with Crippen molar-refractivity contribution in [3.63, 3.8) is 0 Å². The van der Waals surface area contributed by atoms with Gasteiger partial charge in [-0.05, 0) is 62.1 Å². The zero-order valence-corrected chi connectivity index (χ0v) is 23.0. The predicted octanol–water partition coefficient (Wildman–Crippen LogP) is 6.00. The number of hydrogen-bond donors (Lipinski definition) is 1. The summed E-state index contributed by atoms with van der Waals surface area (Å²) in [5.41, 5.74) is 4.09. The summed E-state index contributed by atoms with van der Waals surface area (Å²) in [5, 5.41) is 3.09. The molecule has 0 saturated heterocycles. The molecular weight excluding hydrogens is 516 g/mol. The van der Waals surface area contributed by atoms with Gasteiger partial charge in [-0.3, -0.25) is 9.59 Å². The predicted molar refractivity (Wildman–Crippen MR) is 148 cm³/mol. The monoisotopic (exact) mass is 550 g/mol. The van der Waals surface area contributed by atoms with E-state index < -0.39 is 6.04 Å². The number of halogens is 1. The Balaban J connectivity index is 1.91. The van der Waals surface area contributed by atoms with Gasteiger partial charge in [-0.25, -0.2) is 0 Å². The van der Waals surface area contributed by atoms with Crippen LogP contribution in [-0.2, 0) is 22.6 Å².